The van der Waals surface area contributed by atoms with Crippen molar-refractivity contribution in [2.24, 2.45) is 0 Å². The molecule has 1 fully saturated rings. The topological polar surface area (TPSA) is 79.3 Å². The highest BCUT2D eigenvalue weighted by molar-refractivity contribution is 7.13. The maximum Gasteiger partial charge on any atom is 0.347 e. The van der Waals surface area contributed by atoms with E-state index in [0.29, 0.717) is 22.2 Å². The van der Waals surface area contributed by atoms with E-state index in [2.05, 4.69) is 10.3 Å². The first kappa shape index (κ1) is 16.6. The molecule has 3 rings (SSSR count). The molecule has 1 aliphatic rings. The quantitative estimate of drug-likeness (QED) is 0.862. The third kappa shape index (κ3) is 3.19. The summed E-state index contributed by atoms with van der Waals surface area (Å²) in [5, 5.41) is 12.7. The molecule has 0 spiro atoms. The Balaban J connectivity index is 1.77. The molecule has 1 aromatic carbocycles. The van der Waals surface area contributed by atoms with Crippen molar-refractivity contribution >= 4 is 23.2 Å². The number of aromatic carboxylic acids is 1. The number of rotatable bonds is 5. The maximum absolute atomic E-state index is 12.7. The summed E-state index contributed by atoms with van der Waals surface area (Å²) in [6, 6.07) is 7.39. The van der Waals surface area contributed by atoms with Gasteiger partial charge in [-0.25, -0.2) is 9.78 Å². The molecule has 1 unspecified atom stereocenters. The van der Waals surface area contributed by atoms with Crippen LogP contribution >= 0.6 is 11.3 Å². The van der Waals surface area contributed by atoms with Crippen LogP contribution in [0.5, 0.6) is 0 Å². The van der Waals surface area contributed by atoms with Crippen molar-refractivity contribution in [3.8, 4) is 0 Å². The summed E-state index contributed by atoms with van der Waals surface area (Å²) in [7, 11) is 0. The van der Waals surface area contributed by atoms with E-state index in [1.165, 1.54) is 6.42 Å². The normalized spacial score (nSPS) is 15.6. The van der Waals surface area contributed by atoms with Crippen LogP contribution in [0.4, 0.5) is 0 Å². The predicted octanol–water partition coefficient (Wildman–Crippen LogP) is 3.91. The average molecular weight is 344 g/mol. The predicted molar refractivity (Wildman–Crippen MR) is 92.7 cm³/mol. The number of carbonyl (C=O) groups is 2. The second kappa shape index (κ2) is 6.73. The van der Waals surface area contributed by atoms with E-state index in [9.17, 15) is 9.59 Å². The van der Waals surface area contributed by atoms with Gasteiger partial charge >= 0.3 is 5.97 Å². The summed E-state index contributed by atoms with van der Waals surface area (Å²) in [6.07, 6.45) is 3.48. The van der Waals surface area contributed by atoms with Gasteiger partial charge in [-0.15, -0.1) is 11.3 Å². The van der Waals surface area contributed by atoms with E-state index in [4.69, 9.17) is 5.11 Å². The number of nitrogens with one attached hydrogen (secondary N) is 1. The third-order valence-corrected chi connectivity index (χ3v) is 5.80. The zero-order valence-electron chi connectivity index (χ0n) is 13.7. The first-order chi connectivity index (χ1) is 11.5. The SMILES string of the molecule is Cc1nc(C(C)NC(=O)c2ccccc2C2CCC2)sc1C(=O)O. The van der Waals surface area contributed by atoms with Crippen molar-refractivity contribution in [1.29, 1.82) is 0 Å². The molecule has 1 aliphatic carbocycles. The minimum absolute atomic E-state index is 0.130. The Morgan fingerprint density at radius 1 is 1.33 bits per heavy atom. The van der Waals surface area contributed by atoms with Gasteiger partial charge in [0.05, 0.1) is 11.7 Å². The summed E-state index contributed by atoms with van der Waals surface area (Å²) >= 11 is 1.11. The Bertz CT molecular complexity index is 780. The van der Waals surface area contributed by atoms with E-state index in [1.807, 2.05) is 31.2 Å². The Labute approximate surface area is 144 Å². The highest BCUT2D eigenvalue weighted by Gasteiger charge is 2.25. The van der Waals surface area contributed by atoms with Gasteiger partial charge in [-0.3, -0.25) is 4.79 Å². The van der Waals surface area contributed by atoms with Crippen molar-refractivity contribution in [3.05, 3.63) is 51.0 Å². The van der Waals surface area contributed by atoms with Gasteiger partial charge in [0, 0.05) is 5.56 Å². The zero-order chi connectivity index (χ0) is 17.3. The highest BCUT2D eigenvalue weighted by atomic mass is 32.1. The van der Waals surface area contributed by atoms with Crippen LogP contribution < -0.4 is 5.32 Å². The van der Waals surface area contributed by atoms with Crippen molar-refractivity contribution in [2.75, 3.05) is 0 Å². The lowest BCUT2D eigenvalue weighted by molar-refractivity contribution is 0.0701. The molecule has 24 heavy (non-hydrogen) atoms. The smallest absolute Gasteiger partial charge is 0.347 e. The number of benzene rings is 1. The van der Waals surface area contributed by atoms with Gasteiger partial charge in [-0.2, -0.15) is 0 Å². The molecule has 1 atom stereocenters. The molecule has 2 aromatic rings. The molecular weight excluding hydrogens is 324 g/mol. The molecule has 2 N–H and O–H groups in total. The van der Waals surface area contributed by atoms with Crippen LogP contribution in [0, 0.1) is 6.92 Å². The van der Waals surface area contributed by atoms with Gasteiger partial charge in [-0.1, -0.05) is 24.6 Å². The number of carbonyl (C=O) groups excluding carboxylic acids is 1. The molecule has 0 aliphatic heterocycles. The molecule has 1 heterocycles. The average Bonchev–Trinajstić information content (AvgIpc) is 2.88. The molecule has 0 saturated heterocycles. The number of hydrogen-bond acceptors (Lipinski definition) is 4. The molecule has 6 heteroatoms. The van der Waals surface area contributed by atoms with Crippen molar-refractivity contribution in [2.45, 2.75) is 45.1 Å². The second-order valence-corrected chi connectivity index (χ2v) is 7.21. The lowest BCUT2D eigenvalue weighted by Gasteiger charge is -2.27. The van der Waals surface area contributed by atoms with Gasteiger partial charge in [0.2, 0.25) is 0 Å². The summed E-state index contributed by atoms with van der Waals surface area (Å²) in [5.74, 6) is -0.636. The van der Waals surface area contributed by atoms with Crippen LogP contribution in [0.2, 0.25) is 0 Å². The Morgan fingerprint density at radius 2 is 2.04 bits per heavy atom. The molecular formula is C18H20N2O3S. The molecule has 1 saturated carbocycles. The van der Waals surface area contributed by atoms with E-state index in [0.717, 1.165) is 29.7 Å². The van der Waals surface area contributed by atoms with Crippen molar-refractivity contribution in [1.82, 2.24) is 10.3 Å². The lowest BCUT2D eigenvalue weighted by atomic mass is 9.78. The van der Waals surface area contributed by atoms with Gasteiger partial charge in [0.15, 0.2) is 0 Å². The van der Waals surface area contributed by atoms with Crippen molar-refractivity contribution in [3.63, 3.8) is 0 Å². The Kier molecular flexibility index (Phi) is 4.66. The van der Waals surface area contributed by atoms with Gasteiger partial charge in [0.1, 0.15) is 9.88 Å². The Morgan fingerprint density at radius 3 is 2.62 bits per heavy atom. The minimum atomic E-state index is -0.981. The largest absolute Gasteiger partial charge is 0.477 e. The summed E-state index contributed by atoms with van der Waals surface area (Å²) in [6.45, 7) is 3.50. The monoisotopic (exact) mass is 344 g/mol. The van der Waals surface area contributed by atoms with E-state index < -0.39 is 5.97 Å². The zero-order valence-corrected chi connectivity index (χ0v) is 14.5. The van der Waals surface area contributed by atoms with E-state index in [1.54, 1.807) is 6.92 Å². The van der Waals surface area contributed by atoms with Crippen LogP contribution in [0.1, 0.15) is 74.4 Å². The third-order valence-electron chi connectivity index (χ3n) is 4.48. The minimum Gasteiger partial charge on any atom is -0.477 e. The number of amides is 1. The number of carboxylic acids is 1. The van der Waals surface area contributed by atoms with Gasteiger partial charge < -0.3 is 10.4 Å². The first-order valence-electron chi connectivity index (χ1n) is 8.07. The van der Waals surface area contributed by atoms with E-state index in [-0.39, 0.29) is 16.8 Å². The van der Waals surface area contributed by atoms with Crippen LogP contribution in [-0.2, 0) is 0 Å². The summed E-state index contributed by atoms with van der Waals surface area (Å²) in [5.41, 5.74) is 2.30. The molecule has 0 radical (unpaired) electrons. The molecule has 126 valence electrons. The number of aromatic nitrogens is 1. The molecule has 1 aromatic heterocycles. The fraction of sp³-hybridized carbons (Fsp3) is 0.389. The first-order valence-corrected chi connectivity index (χ1v) is 8.89. The van der Waals surface area contributed by atoms with Crippen LogP contribution in [0.25, 0.3) is 0 Å². The highest BCUT2D eigenvalue weighted by Crippen LogP contribution is 2.38. The van der Waals surface area contributed by atoms with Gasteiger partial charge in [0.25, 0.3) is 5.91 Å². The molecule has 5 nitrogen and oxygen atoms in total. The number of thiazole rings is 1. The molecule has 1 amide bonds. The fourth-order valence-corrected chi connectivity index (χ4v) is 3.82. The summed E-state index contributed by atoms with van der Waals surface area (Å²) < 4.78 is 0. The summed E-state index contributed by atoms with van der Waals surface area (Å²) in [4.78, 5) is 28.3. The number of hydrogen-bond donors (Lipinski definition) is 2. The van der Waals surface area contributed by atoms with Crippen LogP contribution in [-0.4, -0.2) is 22.0 Å². The van der Waals surface area contributed by atoms with Crippen molar-refractivity contribution < 1.29 is 14.7 Å². The standard InChI is InChI=1S/C18H20N2O3S/c1-10-15(18(22)23)24-17(20-10)11(2)19-16(21)14-9-4-3-8-13(14)12-6-5-7-12/h3-4,8-9,11-12H,5-7H2,1-2H3,(H,19,21)(H,22,23). The Hall–Kier alpha value is -2.21. The number of nitrogens with zero attached hydrogens (tertiary/aromatic N) is 1. The second-order valence-electron chi connectivity index (χ2n) is 6.18. The lowest BCUT2D eigenvalue weighted by Crippen LogP contribution is -2.28. The maximum atomic E-state index is 12.7. The van der Waals surface area contributed by atoms with E-state index >= 15 is 0 Å². The van der Waals surface area contributed by atoms with Gasteiger partial charge in [-0.05, 0) is 44.2 Å². The van der Waals surface area contributed by atoms with Crippen LogP contribution in [0.15, 0.2) is 24.3 Å². The fourth-order valence-electron chi connectivity index (χ4n) is 2.92. The molecule has 0 bridgehead atoms. The number of carboxylic acid groups (broad SMARTS) is 1. The van der Waals surface area contributed by atoms with Crippen LogP contribution in [0.3, 0.4) is 0 Å². The number of aryl methyl sites for hydroxylation is 1.